The third kappa shape index (κ3) is 3.08. The molecule has 2 heterocycles. The van der Waals surface area contributed by atoms with Gasteiger partial charge in [0.1, 0.15) is 5.54 Å². The van der Waals surface area contributed by atoms with Gasteiger partial charge < -0.3 is 15.3 Å². The lowest BCUT2D eigenvalue weighted by molar-refractivity contribution is -0.161. The van der Waals surface area contributed by atoms with Crippen LogP contribution in [0.2, 0.25) is 0 Å². The van der Waals surface area contributed by atoms with Crippen LogP contribution in [-0.2, 0) is 9.59 Å². The average molecular weight is 268 g/mol. The zero-order valence-corrected chi connectivity index (χ0v) is 11.7. The predicted octanol–water partition coefficient (Wildman–Crippen LogP) is 1.23. The maximum Gasteiger partial charge on any atom is 0.329 e. The topological polar surface area (TPSA) is 69.6 Å². The molecule has 5 nitrogen and oxygen atoms in total. The van der Waals surface area contributed by atoms with Crippen LogP contribution in [0.15, 0.2) is 0 Å². The van der Waals surface area contributed by atoms with E-state index in [1.54, 1.807) is 11.8 Å². The van der Waals surface area contributed by atoms with E-state index in [-0.39, 0.29) is 5.91 Å². The van der Waals surface area contributed by atoms with Crippen LogP contribution in [0.25, 0.3) is 0 Å². The molecular weight excluding hydrogens is 244 g/mol. The molecule has 0 aromatic heterocycles. The second kappa shape index (κ2) is 5.90. The molecule has 19 heavy (non-hydrogen) atoms. The summed E-state index contributed by atoms with van der Waals surface area (Å²) in [5, 5.41) is 12.7. The highest BCUT2D eigenvalue weighted by molar-refractivity contribution is 5.87. The van der Waals surface area contributed by atoms with E-state index in [2.05, 4.69) is 5.32 Å². The number of amides is 1. The second-order valence-electron chi connectivity index (χ2n) is 6.00. The molecule has 2 aliphatic heterocycles. The maximum atomic E-state index is 12.4. The molecule has 0 aromatic carbocycles. The Bertz CT molecular complexity index is 353. The molecule has 2 rings (SSSR count). The summed E-state index contributed by atoms with van der Waals surface area (Å²) < 4.78 is 0. The number of nitrogens with zero attached hydrogens (tertiary/aromatic N) is 1. The summed E-state index contributed by atoms with van der Waals surface area (Å²) in [7, 11) is 0. The van der Waals surface area contributed by atoms with E-state index in [0.717, 1.165) is 38.8 Å². The van der Waals surface area contributed by atoms with Gasteiger partial charge in [0.25, 0.3) is 0 Å². The minimum absolute atomic E-state index is 0.0123. The van der Waals surface area contributed by atoms with Gasteiger partial charge in [-0.15, -0.1) is 0 Å². The van der Waals surface area contributed by atoms with Crippen molar-refractivity contribution < 1.29 is 14.7 Å². The summed E-state index contributed by atoms with van der Waals surface area (Å²) in [5.74, 6) is -0.498. The molecule has 0 bridgehead atoms. The standard InChI is InChI=1S/C14H24N2O3/c1-14(13(18)19)6-2-3-8-16(14)12(17)9-11-5-4-7-15-10-11/h11,15H,2-10H2,1H3,(H,18,19). The van der Waals surface area contributed by atoms with Crippen molar-refractivity contribution in [3.63, 3.8) is 0 Å². The van der Waals surface area contributed by atoms with Crippen LogP contribution in [-0.4, -0.2) is 47.1 Å². The molecule has 2 atom stereocenters. The molecule has 0 radical (unpaired) electrons. The smallest absolute Gasteiger partial charge is 0.329 e. The quantitative estimate of drug-likeness (QED) is 0.808. The van der Waals surface area contributed by atoms with Crippen LogP contribution in [0.4, 0.5) is 0 Å². The third-order valence-corrected chi connectivity index (χ3v) is 4.52. The molecule has 2 saturated heterocycles. The first-order chi connectivity index (χ1) is 9.04. The molecule has 0 saturated carbocycles. The highest BCUT2D eigenvalue weighted by Gasteiger charge is 2.43. The van der Waals surface area contributed by atoms with Gasteiger partial charge in [-0.3, -0.25) is 4.79 Å². The second-order valence-corrected chi connectivity index (χ2v) is 6.00. The van der Waals surface area contributed by atoms with E-state index in [1.807, 2.05) is 0 Å². The number of carboxylic acids is 1. The van der Waals surface area contributed by atoms with Gasteiger partial charge in [-0.2, -0.15) is 0 Å². The van der Waals surface area contributed by atoms with Gasteiger partial charge in [0.2, 0.25) is 5.91 Å². The molecule has 2 fully saturated rings. The molecule has 1 amide bonds. The number of hydrogen-bond acceptors (Lipinski definition) is 3. The van der Waals surface area contributed by atoms with E-state index in [4.69, 9.17) is 0 Å². The van der Waals surface area contributed by atoms with Crippen molar-refractivity contribution in [3.8, 4) is 0 Å². The van der Waals surface area contributed by atoms with Crippen molar-refractivity contribution in [2.24, 2.45) is 5.92 Å². The zero-order chi connectivity index (χ0) is 13.9. The SMILES string of the molecule is CC1(C(=O)O)CCCCN1C(=O)CC1CCCNC1. The Morgan fingerprint density at radius 1 is 1.37 bits per heavy atom. The monoisotopic (exact) mass is 268 g/mol. The lowest BCUT2D eigenvalue weighted by Crippen LogP contribution is -2.57. The van der Waals surface area contributed by atoms with Crippen LogP contribution in [0.1, 0.15) is 45.4 Å². The van der Waals surface area contributed by atoms with Gasteiger partial charge in [0.05, 0.1) is 0 Å². The number of piperidine rings is 2. The molecule has 5 heteroatoms. The van der Waals surface area contributed by atoms with Crippen molar-refractivity contribution in [2.75, 3.05) is 19.6 Å². The highest BCUT2D eigenvalue weighted by atomic mass is 16.4. The summed E-state index contributed by atoms with van der Waals surface area (Å²) >= 11 is 0. The zero-order valence-electron chi connectivity index (χ0n) is 11.7. The number of rotatable bonds is 3. The van der Waals surface area contributed by atoms with E-state index in [9.17, 15) is 14.7 Å². The molecule has 2 N–H and O–H groups in total. The lowest BCUT2D eigenvalue weighted by Gasteiger charge is -2.42. The summed E-state index contributed by atoms with van der Waals surface area (Å²) in [6.45, 7) is 4.18. The Kier molecular flexibility index (Phi) is 4.45. The molecule has 2 unspecified atom stereocenters. The van der Waals surface area contributed by atoms with Crippen LogP contribution < -0.4 is 5.32 Å². The van der Waals surface area contributed by atoms with Crippen molar-refractivity contribution in [1.82, 2.24) is 10.2 Å². The number of aliphatic carboxylic acids is 1. The molecular formula is C14H24N2O3. The molecule has 0 aromatic rings. The number of carboxylic acid groups (broad SMARTS) is 1. The minimum Gasteiger partial charge on any atom is -0.480 e. The van der Waals surface area contributed by atoms with Crippen LogP contribution in [0.5, 0.6) is 0 Å². The number of hydrogen-bond donors (Lipinski definition) is 2. The number of carbonyl (C=O) groups is 2. The Labute approximate surface area is 114 Å². The third-order valence-electron chi connectivity index (χ3n) is 4.52. The van der Waals surface area contributed by atoms with E-state index in [1.165, 1.54) is 0 Å². The first kappa shape index (κ1) is 14.3. The normalized spacial score (nSPS) is 32.1. The van der Waals surface area contributed by atoms with Crippen LogP contribution >= 0.6 is 0 Å². The van der Waals surface area contributed by atoms with Crippen LogP contribution in [0, 0.1) is 5.92 Å². The number of nitrogens with one attached hydrogen (secondary N) is 1. The van der Waals surface area contributed by atoms with Crippen molar-refractivity contribution >= 4 is 11.9 Å². The molecule has 108 valence electrons. The molecule has 0 aliphatic carbocycles. The number of likely N-dealkylation sites (tertiary alicyclic amines) is 1. The summed E-state index contributed by atoms with van der Waals surface area (Å²) in [4.78, 5) is 25.5. The molecule has 0 spiro atoms. The van der Waals surface area contributed by atoms with Gasteiger partial charge >= 0.3 is 5.97 Å². The van der Waals surface area contributed by atoms with Crippen molar-refractivity contribution in [3.05, 3.63) is 0 Å². The minimum atomic E-state index is -1.00. The van der Waals surface area contributed by atoms with Gasteiger partial charge in [0, 0.05) is 13.0 Å². The Morgan fingerprint density at radius 2 is 2.16 bits per heavy atom. The van der Waals surface area contributed by atoms with Gasteiger partial charge in [-0.1, -0.05) is 0 Å². The number of carbonyl (C=O) groups excluding carboxylic acids is 1. The van der Waals surface area contributed by atoms with Gasteiger partial charge in [0.15, 0.2) is 0 Å². The first-order valence-electron chi connectivity index (χ1n) is 7.28. The fourth-order valence-corrected chi connectivity index (χ4v) is 3.20. The Hall–Kier alpha value is -1.10. The van der Waals surface area contributed by atoms with E-state index < -0.39 is 11.5 Å². The molecule has 2 aliphatic rings. The van der Waals surface area contributed by atoms with Crippen molar-refractivity contribution in [2.45, 2.75) is 51.0 Å². The summed E-state index contributed by atoms with van der Waals surface area (Å²) in [5.41, 5.74) is -1.00. The van der Waals surface area contributed by atoms with Crippen LogP contribution in [0.3, 0.4) is 0 Å². The largest absolute Gasteiger partial charge is 0.480 e. The summed E-state index contributed by atoms with van der Waals surface area (Å²) in [6, 6.07) is 0. The fourth-order valence-electron chi connectivity index (χ4n) is 3.20. The lowest BCUT2D eigenvalue weighted by atomic mass is 9.87. The Balaban J connectivity index is 2.01. The fraction of sp³-hybridized carbons (Fsp3) is 0.857. The van der Waals surface area contributed by atoms with Crippen molar-refractivity contribution in [1.29, 1.82) is 0 Å². The first-order valence-corrected chi connectivity index (χ1v) is 7.28. The van der Waals surface area contributed by atoms with E-state index >= 15 is 0 Å². The highest BCUT2D eigenvalue weighted by Crippen LogP contribution is 2.30. The average Bonchev–Trinajstić information content (AvgIpc) is 2.40. The van der Waals surface area contributed by atoms with E-state index in [0.29, 0.717) is 25.3 Å². The Morgan fingerprint density at radius 3 is 2.79 bits per heavy atom. The summed E-state index contributed by atoms with van der Waals surface area (Å²) in [6.07, 6.45) is 5.02. The predicted molar refractivity (Wildman–Crippen MR) is 71.8 cm³/mol. The van der Waals surface area contributed by atoms with Gasteiger partial charge in [-0.25, -0.2) is 4.79 Å². The maximum absolute atomic E-state index is 12.4. The van der Waals surface area contributed by atoms with Gasteiger partial charge in [-0.05, 0) is 58.0 Å².